The first-order chi connectivity index (χ1) is 8.95. The Bertz CT molecular complexity index is 582. The molecule has 0 bridgehead atoms. The molecule has 0 fully saturated rings. The SMILES string of the molecule is CCc1ccc(C(C)(C)c2cc(C(=O)O)n[nH]2)cc1. The molecule has 0 radical (unpaired) electrons. The van der Waals surface area contributed by atoms with Crippen molar-refractivity contribution in [2.24, 2.45) is 0 Å². The van der Waals surface area contributed by atoms with Crippen molar-refractivity contribution < 1.29 is 9.90 Å². The van der Waals surface area contributed by atoms with Crippen molar-refractivity contribution in [2.75, 3.05) is 0 Å². The van der Waals surface area contributed by atoms with Gasteiger partial charge >= 0.3 is 5.97 Å². The first kappa shape index (κ1) is 13.3. The molecule has 0 saturated heterocycles. The van der Waals surface area contributed by atoms with E-state index < -0.39 is 5.97 Å². The lowest BCUT2D eigenvalue weighted by Crippen LogP contribution is -2.19. The third kappa shape index (κ3) is 2.52. The number of carbonyl (C=O) groups is 1. The summed E-state index contributed by atoms with van der Waals surface area (Å²) in [4.78, 5) is 10.9. The molecule has 0 saturated carbocycles. The summed E-state index contributed by atoms with van der Waals surface area (Å²) >= 11 is 0. The number of aromatic amines is 1. The van der Waals surface area contributed by atoms with E-state index in [9.17, 15) is 4.79 Å². The van der Waals surface area contributed by atoms with E-state index in [-0.39, 0.29) is 11.1 Å². The normalized spacial score (nSPS) is 11.5. The molecule has 100 valence electrons. The predicted molar refractivity (Wildman–Crippen MR) is 73.5 cm³/mol. The van der Waals surface area contributed by atoms with Crippen LogP contribution < -0.4 is 0 Å². The molecule has 0 amide bonds. The van der Waals surface area contributed by atoms with E-state index in [0.29, 0.717) is 0 Å². The highest BCUT2D eigenvalue weighted by Gasteiger charge is 2.26. The standard InChI is InChI=1S/C15H18N2O2/c1-4-10-5-7-11(8-6-10)15(2,3)13-9-12(14(18)19)16-17-13/h5-9H,4H2,1-3H3,(H,16,17)(H,18,19). The van der Waals surface area contributed by atoms with Crippen LogP contribution in [0.5, 0.6) is 0 Å². The van der Waals surface area contributed by atoms with Gasteiger partial charge in [-0.05, 0) is 23.6 Å². The highest BCUT2D eigenvalue weighted by Crippen LogP contribution is 2.30. The number of carboxylic acid groups (broad SMARTS) is 1. The summed E-state index contributed by atoms with van der Waals surface area (Å²) < 4.78 is 0. The second kappa shape index (κ2) is 4.88. The number of H-pyrrole nitrogens is 1. The van der Waals surface area contributed by atoms with Crippen LogP contribution in [-0.4, -0.2) is 21.3 Å². The minimum atomic E-state index is -1.01. The van der Waals surface area contributed by atoms with Crippen molar-refractivity contribution in [3.8, 4) is 0 Å². The maximum atomic E-state index is 10.9. The van der Waals surface area contributed by atoms with Gasteiger partial charge in [0.25, 0.3) is 0 Å². The Morgan fingerprint density at radius 3 is 2.42 bits per heavy atom. The van der Waals surface area contributed by atoms with Crippen LogP contribution in [0.2, 0.25) is 0 Å². The van der Waals surface area contributed by atoms with Gasteiger partial charge in [-0.25, -0.2) is 4.79 Å². The Hall–Kier alpha value is -2.10. The highest BCUT2D eigenvalue weighted by molar-refractivity contribution is 5.85. The molecule has 0 spiro atoms. The van der Waals surface area contributed by atoms with Gasteiger partial charge in [-0.3, -0.25) is 5.10 Å². The zero-order valence-corrected chi connectivity index (χ0v) is 11.4. The van der Waals surface area contributed by atoms with Crippen molar-refractivity contribution in [3.63, 3.8) is 0 Å². The fourth-order valence-corrected chi connectivity index (χ4v) is 2.06. The lowest BCUT2D eigenvalue weighted by Gasteiger charge is -2.23. The van der Waals surface area contributed by atoms with Gasteiger partial charge in [0.1, 0.15) is 0 Å². The van der Waals surface area contributed by atoms with Crippen LogP contribution in [0, 0.1) is 0 Å². The lowest BCUT2D eigenvalue weighted by atomic mass is 9.81. The minimum Gasteiger partial charge on any atom is -0.476 e. The summed E-state index contributed by atoms with van der Waals surface area (Å²) in [6.07, 6.45) is 1.01. The number of nitrogens with zero attached hydrogens (tertiary/aromatic N) is 1. The first-order valence-electron chi connectivity index (χ1n) is 6.33. The van der Waals surface area contributed by atoms with Gasteiger partial charge in [-0.1, -0.05) is 45.0 Å². The monoisotopic (exact) mass is 258 g/mol. The van der Waals surface area contributed by atoms with Gasteiger partial charge in [0.05, 0.1) is 0 Å². The van der Waals surface area contributed by atoms with Gasteiger partial charge in [0, 0.05) is 11.1 Å². The van der Waals surface area contributed by atoms with Crippen molar-refractivity contribution in [1.29, 1.82) is 0 Å². The highest BCUT2D eigenvalue weighted by atomic mass is 16.4. The summed E-state index contributed by atoms with van der Waals surface area (Å²) in [5.74, 6) is -1.01. The van der Waals surface area contributed by atoms with Crippen molar-refractivity contribution >= 4 is 5.97 Å². The van der Waals surface area contributed by atoms with Crippen LogP contribution in [0.25, 0.3) is 0 Å². The number of aryl methyl sites for hydroxylation is 1. The Kier molecular flexibility index (Phi) is 3.42. The van der Waals surface area contributed by atoms with Gasteiger partial charge in [-0.15, -0.1) is 0 Å². The summed E-state index contributed by atoms with van der Waals surface area (Å²) in [6, 6.07) is 9.97. The van der Waals surface area contributed by atoms with Crippen LogP contribution in [0.3, 0.4) is 0 Å². The van der Waals surface area contributed by atoms with E-state index in [0.717, 1.165) is 17.7 Å². The van der Waals surface area contributed by atoms with Gasteiger partial charge in [0.2, 0.25) is 0 Å². The van der Waals surface area contributed by atoms with Gasteiger partial charge < -0.3 is 5.11 Å². The van der Waals surface area contributed by atoms with E-state index in [2.05, 4.69) is 41.4 Å². The van der Waals surface area contributed by atoms with Crippen LogP contribution >= 0.6 is 0 Å². The molecule has 1 aromatic carbocycles. The zero-order valence-electron chi connectivity index (χ0n) is 11.4. The number of aromatic carboxylic acids is 1. The summed E-state index contributed by atoms with van der Waals surface area (Å²) in [5.41, 5.74) is 2.97. The summed E-state index contributed by atoms with van der Waals surface area (Å²) in [5, 5.41) is 15.6. The molecule has 0 atom stereocenters. The number of carboxylic acids is 1. The number of aromatic nitrogens is 2. The number of rotatable bonds is 4. The average molecular weight is 258 g/mol. The van der Waals surface area contributed by atoms with E-state index in [1.807, 2.05) is 13.8 Å². The molecule has 0 unspecified atom stereocenters. The Labute approximate surface area is 112 Å². The fraction of sp³-hybridized carbons (Fsp3) is 0.333. The Balaban J connectivity index is 2.36. The fourth-order valence-electron chi connectivity index (χ4n) is 2.06. The lowest BCUT2D eigenvalue weighted by molar-refractivity contribution is 0.0690. The van der Waals surface area contributed by atoms with Gasteiger partial charge in [0.15, 0.2) is 5.69 Å². The molecule has 19 heavy (non-hydrogen) atoms. The third-order valence-corrected chi connectivity index (χ3v) is 3.55. The quantitative estimate of drug-likeness (QED) is 0.886. The van der Waals surface area contributed by atoms with Crippen LogP contribution in [-0.2, 0) is 11.8 Å². The molecule has 1 heterocycles. The Morgan fingerprint density at radius 2 is 1.95 bits per heavy atom. The average Bonchev–Trinajstić information content (AvgIpc) is 2.89. The maximum absolute atomic E-state index is 10.9. The molecule has 2 rings (SSSR count). The molecule has 2 N–H and O–H groups in total. The molecule has 0 aliphatic rings. The maximum Gasteiger partial charge on any atom is 0.356 e. The van der Waals surface area contributed by atoms with Crippen LogP contribution in [0.1, 0.15) is 48.1 Å². The van der Waals surface area contributed by atoms with Crippen LogP contribution in [0.4, 0.5) is 0 Å². The molecule has 4 heteroatoms. The van der Waals surface area contributed by atoms with Gasteiger partial charge in [-0.2, -0.15) is 5.10 Å². The topological polar surface area (TPSA) is 66.0 Å². The predicted octanol–water partition coefficient (Wildman–Crippen LogP) is 3.00. The second-order valence-corrected chi connectivity index (χ2v) is 5.15. The van der Waals surface area contributed by atoms with E-state index >= 15 is 0 Å². The molecule has 2 aromatic rings. The smallest absolute Gasteiger partial charge is 0.356 e. The summed E-state index contributed by atoms with van der Waals surface area (Å²) in [7, 11) is 0. The molecule has 0 aliphatic heterocycles. The van der Waals surface area contributed by atoms with E-state index in [1.54, 1.807) is 6.07 Å². The molecular formula is C15H18N2O2. The number of hydrogen-bond donors (Lipinski definition) is 2. The number of benzene rings is 1. The minimum absolute atomic E-state index is 0.0493. The van der Waals surface area contributed by atoms with Crippen molar-refractivity contribution in [1.82, 2.24) is 10.2 Å². The largest absolute Gasteiger partial charge is 0.476 e. The zero-order chi connectivity index (χ0) is 14.0. The number of nitrogens with one attached hydrogen (secondary N) is 1. The second-order valence-electron chi connectivity index (χ2n) is 5.15. The first-order valence-corrected chi connectivity index (χ1v) is 6.33. The molecular weight excluding hydrogens is 240 g/mol. The van der Waals surface area contributed by atoms with Crippen molar-refractivity contribution in [2.45, 2.75) is 32.6 Å². The van der Waals surface area contributed by atoms with E-state index in [1.165, 1.54) is 5.56 Å². The van der Waals surface area contributed by atoms with Crippen LogP contribution in [0.15, 0.2) is 30.3 Å². The number of hydrogen-bond acceptors (Lipinski definition) is 2. The molecule has 1 aromatic heterocycles. The Morgan fingerprint density at radius 1 is 1.32 bits per heavy atom. The molecule has 0 aliphatic carbocycles. The van der Waals surface area contributed by atoms with Crippen molar-refractivity contribution in [3.05, 3.63) is 52.8 Å². The third-order valence-electron chi connectivity index (χ3n) is 3.55. The summed E-state index contributed by atoms with van der Waals surface area (Å²) in [6.45, 7) is 6.22. The van der Waals surface area contributed by atoms with E-state index in [4.69, 9.17) is 5.11 Å². The molecule has 4 nitrogen and oxygen atoms in total.